The number of nitrogens with two attached hydrogens (primary N) is 1. The fourth-order valence-corrected chi connectivity index (χ4v) is 1.02. The highest BCUT2D eigenvalue weighted by molar-refractivity contribution is 9.10. The van der Waals surface area contributed by atoms with Crippen molar-refractivity contribution in [2.45, 2.75) is 13.0 Å². The molecule has 0 aliphatic rings. The number of halogens is 3. The van der Waals surface area contributed by atoms with Crippen LogP contribution in [-0.4, -0.2) is 4.98 Å². The first kappa shape index (κ1) is 15.0. The van der Waals surface area contributed by atoms with E-state index < -0.39 is 0 Å². The summed E-state index contributed by atoms with van der Waals surface area (Å²) in [5.74, 6) is 0. The summed E-state index contributed by atoms with van der Waals surface area (Å²) in [6.45, 7) is 1.91. The Kier molecular flexibility index (Phi) is 8.78. The van der Waals surface area contributed by atoms with Crippen molar-refractivity contribution in [2.75, 3.05) is 0 Å². The number of hydrogen-bond acceptors (Lipinski definition) is 2. The van der Waals surface area contributed by atoms with E-state index in [2.05, 4.69) is 20.9 Å². The van der Waals surface area contributed by atoms with Gasteiger partial charge in [-0.15, -0.1) is 34.0 Å². The van der Waals surface area contributed by atoms with Crippen LogP contribution in [0.4, 0.5) is 0 Å². The van der Waals surface area contributed by atoms with Crippen molar-refractivity contribution in [3.63, 3.8) is 0 Å². The minimum atomic E-state index is 0. The van der Waals surface area contributed by atoms with E-state index in [1.54, 1.807) is 6.20 Å². The summed E-state index contributed by atoms with van der Waals surface area (Å²) < 4.78 is 1.02. The van der Waals surface area contributed by atoms with Crippen molar-refractivity contribution in [1.29, 1.82) is 0 Å². The Morgan fingerprint density at radius 2 is 2.08 bits per heavy atom. The van der Waals surface area contributed by atoms with Crippen molar-refractivity contribution in [3.05, 3.63) is 28.5 Å². The van der Waals surface area contributed by atoms with Crippen LogP contribution in [0.1, 0.15) is 18.7 Å². The average molecular weight is 363 g/mol. The van der Waals surface area contributed by atoms with E-state index in [0.717, 1.165) is 10.2 Å². The predicted octanol–water partition coefficient (Wildman–Crippen LogP) is 3.02. The number of pyridine rings is 1. The van der Waals surface area contributed by atoms with Gasteiger partial charge in [0.25, 0.3) is 0 Å². The van der Waals surface area contributed by atoms with Crippen LogP contribution in [0, 0.1) is 0 Å². The molecule has 5 heteroatoms. The second-order valence-electron chi connectivity index (χ2n) is 2.19. The van der Waals surface area contributed by atoms with Gasteiger partial charge < -0.3 is 5.73 Å². The van der Waals surface area contributed by atoms with Gasteiger partial charge in [-0.05, 0) is 19.1 Å². The highest BCUT2D eigenvalue weighted by Gasteiger charge is 1.98. The SMILES string of the molecule is Br.Br.CC(N)c1cc(Br)ccn1. The molecule has 1 aromatic heterocycles. The van der Waals surface area contributed by atoms with Crippen LogP contribution in [0.3, 0.4) is 0 Å². The van der Waals surface area contributed by atoms with Gasteiger partial charge in [0.05, 0.1) is 5.69 Å². The highest BCUT2D eigenvalue weighted by atomic mass is 79.9. The molecule has 12 heavy (non-hydrogen) atoms. The fraction of sp³-hybridized carbons (Fsp3) is 0.286. The summed E-state index contributed by atoms with van der Waals surface area (Å²) in [7, 11) is 0. The Bertz CT molecular complexity index is 228. The molecule has 0 saturated carbocycles. The second-order valence-corrected chi connectivity index (χ2v) is 3.10. The number of aromatic nitrogens is 1. The smallest absolute Gasteiger partial charge is 0.0579 e. The van der Waals surface area contributed by atoms with Crippen molar-refractivity contribution < 1.29 is 0 Å². The monoisotopic (exact) mass is 360 g/mol. The summed E-state index contributed by atoms with van der Waals surface area (Å²) in [4.78, 5) is 4.08. The first-order valence-corrected chi connectivity index (χ1v) is 3.86. The molecular weight excluding hydrogens is 352 g/mol. The largest absolute Gasteiger partial charge is 0.323 e. The van der Waals surface area contributed by atoms with Crippen LogP contribution < -0.4 is 5.73 Å². The van der Waals surface area contributed by atoms with E-state index in [1.165, 1.54) is 0 Å². The van der Waals surface area contributed by atoms with E-state index in [0.29, 0.717) is 0 Å². The molecule has 70 valence electrons. The van der Waals surface area contributed by atoms with Gasteiger partial charge >= 0.3 is 0 Å². The van der Waals surface area contributed by atoms with Crippen LogP contribution in [-0.2, 0) is 0 Å². The number of rotatable bonds is 1. The van der Waals surface area contributed by atoms with Gasteiger partial charge in [-0.2, -0.15) is 0 Å². The third-order valence-corrected chi connectivity index (χ3v) is 1.70. The lowest BCUT2D eigenvalue weighted by atomic mass is 10.2. The minimum absolute atomic E-state index is 0. The quantitative estimate of drug-likeness (QED) is 0.834. The molecule has 0 fully saturated rings. The van der Waals surface area contributed by atoms with Crippen LogP contribution in [0.15, 0.2) is 22.8 Å². The molecule has 2 N–H and O–H groups in total. The summed E-state index contributed by atoms with van der Waals surface area (Å²) >= 11 is 3.33. The van der Waals surface area contributed by atoms with Gasteiger partial charge in [0.1, 0.15) is 0 Å². The Labute approximate surface area is 102 Å². The molecule has 0 amide bonds. The minimum Gasteiger partial charge on any atom is -0.323 e. The van der Waals surface area contributed by atoms with Gasteiger partial charge in [-0.1, -0.05) is 15.9 Å². The molecule has 1 atom stereocenters. The molecule has 1 heterocycles. The normalized spacial score (nSPS) is 10.9. The van der Waals surface area contributed by atoms with Gasteiger partial charge in [-0.25, -0.2) is 0 Å². The molecule has 0 aliphatic carbocycles. The van der Waals surface area contributed by atoms with Gasteiger partial charge in [-0.3, -0.25) is 4.98 Å². The molecule has 0 radical (unpaired) electrons. The molecule has 0 bridgehead atoms. The Morgan fingerprint density at radius 1 is 1.50 bits per heavy atom. The summed E-state index contributed by atoms with van der Waals surface area (Å²) in [6.07, 6.45) is 1.74. The second kappa shape index (κ2) is 7.00. The third kappa shape index (κ3) is 4.54. The third-order valence-electron chi connectivity index (χ3n) is 1.21. The Hall–Kier alpha value is 0.550. The maximum absolute atomic E-state index is 5.60. The summed E-state index contributed by atoms with van der Waals surface area (Å²) in [5, 5.41) is 0. The van der Waals surface area contributed by atoms with Crippen LogP contribution in [0.5, 0.6) is 0 Å². The number of hydrogen-bond donors (Lipinski definition) is 1. The van der Waals surface area contributed by atoms with Crippen molar-refractivity contribution in [3.8, 4) is 0 Å². The summed E-state index contributed by atoms with van der Waals surface area (Å²) in [5.41, 5.74) is 6.51. The lowest BCUT2D eigenvalue weighted by Crippen LogP contribution is -2.06. The summed E-state index contributed by atoms with van der Waals surface area (Å²) in [6, 6.07) is 3.81. The standard InChI is InChI=1S/C7H9BrN2.2BrH/c1-5(9)7-4-6(8)2-3-10-7;;/h2-5H,9H2,1H3;2*1H. The predicted molar refractivity (Wildman–Crippen MR) is 65.2 cm³/mol. The van der Waals surface area contributed by atoms with E-state index in [9.17, 15) is 0 Å². The maximum Gasteiger partial charge on any atom is 0.0579 e. The molecule has 1 unspecified atom stereocenters. The van der Waals surface area contributed by atoms with Crippen molar-refractivity contribution >= 4 is 49.9 Å². The van der Waals surface area contributed by atoms with E-state index in [1.807, 2.05) is 19.1 Å². The van der Waals surface area contributed by atoms with Crippen LogP contribution >= 0.6 is 49.9 Å². The van der Waals surface area contributed by atoms with Crippen molar-refractivity contribution in [2.24, 2.45) is 5.73 Å². The van der Waals surface area contributed by atoms with Gasteiger partial charge in [0, 0.05) is 16.7 Å². The highest BCUT2D eigenvalue weighted by Crippen LogP contribution is 2.12. The van der Waals surface area contributed by atoms with Crippen molar-refractivity contribution in [1.82, 2.24) is 4.98 Å². The zero-order chi connectivity index (χ0) is 7.56. The van der Waals surface area contributed by atoms with E-state index in [4.69, 9.17) is 5.73 Å². The molecule has 0 saturated heterocycles. The fourth-order valence-electron chi connectivity index (χ4n) is 0.670. The zero-order valence-electron chi connectivity index (χ0n) is 6.53. The first-order valence-electron chi connectivity index (χ1n) is 3.07. The Balaban J connectivity index is 0. The topological polar surface area (TPSA) is 38.9 Å². The number of nitrogens with zero attached hydrogens (tertiary/aromatic N) is 1. The first-order chi connectivity index (χ1) is 4.70. The van der Waals surface area contributed by atoms with E-state index in [-0.39, 0.29) is 40.0 Å². The van der Waals surface area contributed by atoms with Gasteiger partial charge in [0.15, 0.2) is 0 Å². The maximum atomic E-state index is 5.60. The van der Waals surface area contributed by atoms with Gasteiger partial charge in [0.2, 0.25) is 0 Å². The lowest BCUT2D eigenvalue weighted by Gasteiger charge is -2.02. The Morgan fingerprint density at radius 3 is 2.42 bits per heavy atom. The molecular formula is C7H11Br3N2. The van der Waals surface area contributed by atoms with E-state index >= 15 is 0 Å². The van der Waals surface area contributed by atoms with Crippen LogP contribution in [0.25, 0.3) is 0 Å². The zero-order valence-corrected chi connectivity index (χ0v) is 11.5. The molecule has 1 rings (SSSR count). The molecule has 0 aromatic carbocycles. The molecule has 0 aliphatic heterocycles. The average Bonchev–Trinajstić information content (AvgIpc) is 1.88. The molecule has 2 nitrogen and oxygen atoms in total. The lowest BCUT2D eigenvalue weighted by molar-refractivity contribution is 0.780. The molecule has 1 aromatic rings. The van der Waals surface area contributed by atoms with Crippen LogP contribution in [0.2, 0.25) is 0 Å². The molecule has 0 spiro atoms.